The molecule has 0 amide bonds. The van der Waals surface area contributed by atoms with Gasteiger partial charge in [-0.05, 0) is 24.3 Å². The van der Waals surface area contributed by atoms with Crippen LogP contribution in [0.3, 0.4) is 0 Å². The average molecular weight is 222 g/mol. The molecule has 1 aromatic carbocycles. The van der Waals surface area contributed by atoms with Crippen LogP contribution in [-0.2, 0) is 0 Å². The van der Waals surface area contributed by atoms with Gasteiger partial charge >= 0.3 is 6.18 Å². The number of hydrogen-bond acceptors (Lipinski definition) is 2. The van der Waals surface area contributed by atoms with Gasteiger partial charge in [-0.1, -0.05) is 0 Å². The number of methoxy groups -OCH3 is 1. The van der Waals surface area contributed by atoms with Gasteiger partial charge in [0.1, 0.15) is 5.75 Å². The lowest BCUT2D eigenvalue weighted by molar-refractivity contribution is -0.105. The summed E-state index contributed by atoms with van der Waals surface area (Å²) in [6.45, 7) is 0. The summed E-state index contributed by atoms with van der Waals surface area (Å²) in [6.07, 6.45) is -4.12. The molecule has 1 nitrogen and oxygen atoms in total. The Balaban J connectivity index is 2.52. The maximum absolute atomic E-state index is 11.8. The van der Waals surface area contributed by atoms with Crippen LogP contribution in [0, 0.1) is 0 Å². The number of ether oxygens (including phenoxy) is 1. The van der Waals surface area contributed by atoms with E-state index < -0.39 is 11.9 Å². The summed E-state index contributed by atoms with van der Waals surface area (Å²) in [6, 6.07) is 6.49. The lowest BCUT2D eigenvalue weighted by atomic mass is 10.3. The van der Waals surface area contributed by atoms with Crippen LogP contribution in [-0.4, -0.2) is 19.0 Å². The maximum Gasteiger partial charge on any atom is 0.398 e. The monoisotopic (exact) mass is 222 g/mol. The second kappa shape index (κ2) is 4.59. The van der Waals surface area contributed by atoms with Gasteiger partial charge in [-0.15, -0.1) is 11.8 Å². The van der Waals surface area contributed by atoms with Crippen LogP contribution in [0.5, 0.6) is 5.75 Å². The Morgan fingerprint density at radius 3 is 2.21 bits per heavy atom. The van der Waals surface area contributed by atoms with Gasteiger partial charge in [0.25, 0.3) is 0 Å². The first-order chi connectivity index (χ1) is 6.51. The summed E-state index contributed by atoms with van der Waals surface area (Å²) in [5.74, 6) is -0.222. The standard InChI is InChI=1S/C9H9F3OS/c1-13-7-2-4-8(5-3-7)14-6-9(10,11)12/h2-5H,6H2,1H3. The van der Waals surface area contributed by atoms with E-state index in [4.69, 9.17) is 4.74 Å². The molecule has 0 radical (unpaired) electrons. The van der Waals surface area contributed by atoms with Crippen molar-refractivity contribution in [2.75, 3.05) is 12.9 Å². The fourth-order valence-corrected chi connectivity index (χ4v) is 1.50. The molecule has 78 valence electrons. The van der Waals surface area contributed by atoms with E-state index in [0.717, 1.165) is 11.8 Å². The molecular weight excluding hydrogens is 213 g/mol. The van der Waals surface area contributed by atoms with Gasteiger partial charge in [0, 0.05) is 4.90 Å². The van der Waals surface area contributed by atoms with Crippen molar-refractivity contribution in [3.8, 4) is 5.75 Å². The highest BCUT2D eigenvalue weighted by molar-refractivity contribution is 7.99. The van der Waals surface area contributed by atoms with Gasteiger partial charge in [-0.3, -0.25) is 0 Å². The quantitative estimate of drug-likeness (QED) is 0.725. The van der Waals surface area contributed by atoms with E-state index >= 15 is 0 Å². The van der Waals surface area contributed by atoms with Crippen molar-refractivity contribution in [1.29, 1.82) is 0 Å². The summed E-state index contributed by atoms with van der Waals surface area (Å²) in [5, 5.41) is 0. The zero-order valence-electron chi connectivity index (χ0n) is 7.47. The van der Waals surface area contributed by atoms with E-state index in [2.05, 4.69) is 0 Å². The van der Waals surface area contributed by atoms with E-state index in [0.29, 0.717) is 10.6 Å². The molecule has 0 saturated carbocycles. The number of hydrogen-bond donors (Lipinski definition) is 0. The van der Waals surface area contributed by atoms with Gasteiger partial charge < -0.3 is 4.74 Å². The molecule has 0 unspecified atom stereocenters. The molecule has 0 aliphatic rings. The van der Waals surface area contributed by atoms with Crippen LogP contribution >= 0.6 is 11.8 Å². The molecule has 0 spiro atoms. The molecule has 0 bridgehead atoms. The molecule has 1 aromatic rings. The smallest absolute Gasteiger partial charge is 0.398 e. The van der Waals surface area contributed by atoms with Crippen molar-refractivity contribution in [1.82, 2.24) is 0 Å². The number of rotatable bonds is 3. The molecule has 0 N–H and O–H groups in total. The lowest BCUT2D eigenvalue weighted by Crippen LogP contribution is -2.10. The highest BCUT2D eigenvalue weighted by Crippen LogP contribution is 2.28. The van der Waals surface area contributed by atoms with Crippen LogP contribution in [0.2, 0.25) is 0 Å². The lowest BCUT2D eigenvalue weighted by Gasteiger charge is -2.06. The topological polar surface area (TPSA) is 9.23 Å². The molecule has 0 fully saturated rings. The summed E-state index contributed by atoms with van der Waals surface area (Å²) in [7, 11) is 1.51. The summed E-state index contributed by atoms with van der Waals surface area (Å²) < 4.78 is 40.4. The second-order valence-corrected chi connectivity index (χ2v) is 3.63. The van der Waals surface area contributed by atoms with Crippen LogP contribution < -0.4 is 4.74 Å². The minimum Gasteiger partial charge on any atom is -0.497 e. The zero-order chi connectivity index (χ0) is 10.6. The van der Waals surface area contributed by atoms with Crippen LogP contribution in [0.1, 0.15) is 0 Å². The Kier molecular flexibility index (Phi) is 3.69. The minimum atomic E-state index is -4.12. The third kappa shape index (κ3) is 3.91. The van der Waals surface area contributed by atoms with Crippen LogP contribution in [0.4, 0.5) is 13.2 Å². The molecule has 0 aliphatic carbocycles. The van der Waals surface area contributed by atoms with Gasteiger partial charge in [0.05, 0.1) is 12.9 Å². The Hall–Kier alpha value is -0.840. The van der Waals surface area contributed by atoms with Crippen LogP contribution in [0.25, 0.3) is 0 Å². The van der Waals surface area contributed by atoms with Crippen molar-refractivity contribution in [2.24, 2.45) is 0 Å². The summed E-state index contributed by atoms with van der Waals surface area (Å²) in [5.41, 5.74) is 0. The largest absolute Gasteiger partial charge is 0.497 e. The van der Waals surface area contributed by atoms with Gasteiger partial charge in [0.2, 0.25) is 0 Å². The molecule has 0 aliphatic heterocycles. The first kappa shape index (κ1) is 11.2. The molecule has 5 heteroatoms. The average Bonchev–Trinajstić information content (AvgIpc) is 2.14. The fourth-order valence-electron chi connectivity index (χ4n) is 0.837. The van der Waals surface area contributed by atoms with E-state index in [-0.39, 0.29) is 0 Å². The van der Waals surface area contributed by atoms with E-state index in [1.807, 2.05) is 0 Å². The Morgan fingerprint density at radius 1 is 1.21 bits per heavy atom. The second-order valence-electron chi connectivity index (χ2n) is 2.58. The van der Waals surface area contributed by atoms with E-state index in [1.165, 1.54) is 7.11 Å². The van der Waals surface area contributed by atoms with Crippen molar-refractivity contribution in [2.45, 2.75) is 11.1 Å². The molecule has 0 atom stereocenters. The first-order valence-electron chi connectivity index (χ1n) is 3.85. The van der Waals surface area contributed by atoms with Gasteiger partial charge in [-0.25, -0.2) is 0 Å². The molecule has 0 aromatic heterocycles. The molecule has 0 heterocycles. The highest BCUT2D eigenvalue weighted by atomic mass is 32.2. The molecule has 14 heavy (non-hydrogen) atoms. The predicted molar refractivity (Wildman–Crippen MR) is 49.8 cm³/mol. The summed E-state index contributed by atoms with van der Waals surface area (Å²) in [4.78, 5) is 0.586. The predicted octanol–water partition coefficient (Wildman–Crippen LogP) is 3.35. The third-order valence-corrected chi connectivity index (χ3v) is 2.54. The van der Waals surface area contributed by atoms with Crippen molar-refractivity contribution in [3.63, 3.8) is 0 Å². The van der Waals surface area contributed by atoms with Gasteiger partial charge in [-0.2, -0.15) is 13.2 Å². The Labute approximate surface area is 84.3 Å². The molecular formula is C9H9F3OS. The SMILES string of the molecule is COc1ccc(SCC(F)(F)F)cc1. The summed E-state index contributed by atoms with van der Waals surface area (Å²) >= 11 is 0.766. The van der Waals surface area contributed by atoms with Crippen molar-refractivity contribution < 1.29 is 17.9 Å². The van der Waals surface area contributed by atoms with E-state index in [9.17, 15) is 13.2 Å². The van der Waals surface area contributed by atoms with Crippen molar-refractivity contribution >= 4 is 11.8 Å². The number of thioether (sulfide) groups is 1. The number of benzene rings is 1. The fraction of sp³-hybridized carbons (Fsp3) is 0.333. The third-order valence-electron chi connectivity index (χ3n) is 1.46. The van der Waals surface area contributed by atoms with Crippen molar-refractivity contribution in [3.05, 3.63) is 24.3 Å². The molecule has 0 saturated heterocycles. The molecule has 1 rings (SSSR count). The normalized spacial score (nSPS) is 11.4. The van der Waals surface area contributed by atoms with Crippen LogP contribution in [0.15, 0.2) is 29.2 Å². The zero-order valence-corrected chi connectivity index (χ0v) is 8.28. The van der Waals surface area contributed by atoms with Gasteiger partial charge in [0.15, 0.2) is 0 Å². The number of halogens is 3. The number of alkyl halides is 3. The Bertz CT molecular complexity index is 281. The maximum atomic E-state index is 11.8. The Morgan fingerprint density at radius 2 is 1.79 bits per heavy atom. The highest BCUT2D eigenvalue weighted by Gasteiger charge is 2.27. The first-order valence-corrected chi connectivity index (χ1v) is 4.83. The van der Waals surface area contributed by atoms with E-state index in [1.54, 1.807) is 24.3 Å². The minimum absolute atomic E-state index is 0.586.